The standard InChI is InChI=1S/3C2H5NS/c3*1-2(3)4/h3*1H3,(H2,3,4). The van der Waals surface area contributed by atoms with Gasteiger partial charge in [-0.2, -0.15) is 0 Å². The van der Waals surface area contributed by atoms with Crippen molar-refractivity contribution in [2.24, 2.45) is 17.2 Å². The van der Waals surface area contributed by atoms with Crippen LogP contribution in [0.5, 0.6) is 0 Å². The molecule has 0 amide bonds. The Balaban J connectivity index is -0.000000101. The summed E-state index contributed by atoms with van der Waals surface area (Å²) >= 11 is 12.9. The van der Waals surface area contributed by atoms with E-state index in [9.17, 15) is 0 Å². The molecule has 0 radical (unpaired) electrons. The van der Waals surface area contributed by atoms with E-state index >= 15 is 0 Å². The Morgan fingerprint density at radius 3 is 0.667 bits per heavy atom. The van der Waals surface area contributed by atoms with Crippen LogP contribution in [-0.2, 0) is 0 Å². The molecule has 6 heteroatoms. The molecule has 0 aromatic carbocycles. The molecule has 0 aromatic heterocycles. The third kappa shape index (κ3) is 6670. The predicted octanol–water partition coefficient (Wildman–Crippen LogP) is 0.877. The lowest BCUT2D eigenvalue weighted by Crippen LogP contribution is -1.98. The summed E-state index contributed by atoms with van der Waals surface area (Å²) in [5.74, 6) is 0. The van der Waals surface area contributed by atoms with Gasteiger partial charge in [-0.15, -0.1) is 0 Å². The summed E-state index contributed by atoms with van der Waals surface area (Å²) in [5.41, 5.74) is 14.5. The maximum atomic E-state index is 4.84. The minimum absolute atomic E-state index is 0.500. The fraction of sp³-hybridized carbons (Fsp3) is 0.500. The molecule has 0 fully saturated rings. The molecule has 0 aliphatic rings. The molecule has 0 aliphatic heterocycles. The minimum atomic E-state index is 0.500. The average Bonchev–Trinajstić information content (AvgIpc) is 1.54. The Morgan fingerprint density at radius 2 is 0.667 bits per heavy atom. The average molecular weight is 225 g/mol. The van der Waals surface area contributed by atoms with E-state index in [0.29, 0.717) is 15.0 Å². The van der Waals surface area contributed by atoms with Gasteiger partial charge in [0.15, 0.2) is 0 Å². The summed E-state index contributed by atoms with van der Waals surface area (Å²) in [6, 6.07) is 0. The van der Waals surface area contributed by atoms with E-state index < -0.39 is 0 Å². The second-order valence-corrected chi connectivity index (χ2v) is 3.76. The molecule has 0 aromatic rings. The van der Waals surface area contributed by atoms with E-state index in [2.05, 4.69) is 36.7 Å². The van der Waals surface area contributed by atoms with Crippen LogP contribution in [0.2, 0.25) is 0 Å². The summed E-state index contributed by atoms with van der Waals surface area (Å²) in [4.78, 5) is 1.50. The number of hydrogen-bond donors (Lipinski definition) is 3. The molecule has 72 valence electrons. The molecule has 0 spiro atoms. The van der Waals surface area contributed by atoms with E-state index in [-0.39, 0.29) is 0 Å². The fourth-order valence-corrected chi connectivity index (χ4v) is 0. The molecule has 0 atom stereocenters. The lowest BCUT2D eigenvalue weighted by Gasteiger charge is -1.65. The van der Waals surface area contributed by atoms with Gasteiger partial charge in [-0.1, -0.05) is 36.7 Å². The first-order valence-corrected chi connectivity index (χ1v) is 4.20. The molecule has 6 N–H and O–H groups in total. The summed E-state index contributed by atoms with van der Waals surface area (Å²) < 4.78 is 0. The minimum Gasteiger partial charge on any atom is -0.394 e. The van der Waals surface area contributed by atoms with Crippen molar-refractivity contribution in [3.63, 3.8) is 0 Å². The highest BCUT2D eigenvalue weighted by Crippen LogP contribution is 1.48. The van der Waals surface area contributed by atoms with Crippen molar-refractivity contribution in [2.75, 3.05) is 0 Å². The highest BCUT2D eigenvalue weighted by Gasteiger charge is 1.55. The van der Waals surface area contributed by atoms with Gasteiger partial charge in [0.2, 0.25) is 0 Å². The number of rotatable bonds is 0. The number of thiocarbonyl (C=S) groups is 3. The molecule has 0 heterocycles. The van der Waals surface area contributed by atoms with Crippen LogP contribution < -0.4 is 17.2 Å². The van der Waals surface area contributed by atoms with Crippen LogP contribution in [-0.4, -0.2) is 15.0 Å². The SMILES string of the molecule is CC(N)=S.CC(N)=S.CC(N)=S. The van der Waals surface area contributed by atoms with E-state index in [0.717, 1.165) is 0 Å². The fourth-order valence-electron chi connectivity index (χ4n) is 0. The van der Waals surface area contributed by atoms with Crippen molar-refractivity contribution >= 4 is 51.6 Å². The van der Waals surface area contributed by atoms with Crippen molar-refractivity contribution in [3.8, 4) is 0 Å². The molecule has 0 bridgehead atoms. The molecule has 0 unspecified atom stereocenters. The molecule has 3 nitrogen and oxygen atoms in total. The zero-order valence-corrected chi connectivity index (χ0v) is 9.91. The highest BCUT2D eigenvalue weighted by atomic mass is 32.1. The zero-order chi connectivity index (χ0) is 10.7. The molecule has 0 aliphatic carbocycles. The van der Waals surface area contributed by atoms with Crippen LogP contribution in [0, 0.1) is 0 Å². The maximum Gasteiger partial charge on any atom is 0.0695 e. The first kappa shape index (κ1) is 17.7. The van der Waals surface area contributed by atoms with Crippen LogP contribution in [0.4, 0.5) is 0 Å². The largest absolute Gasteiger partial charge is 0.394 e. The second-order valence-electron chi connectivity index (χ2n) is 1.83. The summed E-state index contributed by atoms with van der Waals surface area (Å²) in [6.07, 6.45) is 0. The van der Waals surface area contributed by atoms with Gasteiger partial charge in [0.05, 0.1) is 15.0 Å². The van der Waals surface area contributed by atoms with Crippen LogP contribution in [0.25, 0.3) is 0 Å². The second kappa shape index (κ2) is 13.3. The quantitative estimate of drug-likeness (QED) is 0.531. The Hall–Kier alpha value is -0.330. The predicted molar refractivity (Wildman–Crippen MR) is 67.4 cm³/mol. The molecular formula is C6H15N3S3. The zero-order valence-electron chi connectivity index (χ0n) is 7.46. The van der Waals surface area contributed by atoms with Gasteiger partial charge in [0.25, 0.3) is 0 Å². The number of nitrogens with two attached hydrogens (primary N) is 3. The molecule has 12 heavy (non-hydrogen) atoms. The first-order chi connectivity index (χ1) is 5.20. The van der Waals surface area contributed by atoms with Gasteiger partial charge in [0.1, 0.15) is 0 Å². The Labute approximate surface area is 89.7 Å². The third-order valence-corrected chi connectivity index (χ3v) is 0. The van der Waals surface area contributed by atoms with Crippen molar-refractivity contribution in [2.45, 2.75) is 20.8 Å². The van der Waals surface area contributed by atoms with Crippen molar-refractivity contribution in [1.82, 2.24) is 0 Å². The van der Waals surface area contributed by atoms with E-state index in [1.807, 2.05) is 0 Å². The third-order valence-electron chi connectivity index (χ3n) is 0. The molecular weight excluding hydrogens is 210 g/mol. The van der Waals surface area contributed by atoms with Gasteiger partial charge in [0, 0.05) is 0 Å². The normalized spacial score (nSPS) is 6.25. The Kier molecular flexibility index (Phi) is 19.6. The highest BCUT2D eigenvalue weighted by molar-refractivity contribution is 7.80. The molecule has 0 rings (SSSR count). The lowest BCUT2D eigenvalue weighted by molar-refractivity contribution is 1.73. The number of hydrogen-bond acceptors (Lipinski definition) is 3. The van der Waals surface area contributed by atoms with Crippen LogP contribution >= 0.6 is 36.7 Å². The van der Waals surface area contributed by atoms with Crippen LogP contribution in [0.1, 0.15) is 20.8 Å². The van der Waals surface area contributed by atoms with Crippen LogP contribution in [0.3, 0.4) is 0 Å². The van der Waals surface area contributed by atoms with Crippen molar-refractivity contribution < 1.29 is 0 Å². The van der Waals surface area contributed by atoms with Crippen molar-refractivity contribution in [3.05, 3.63) is 0 Å². The van der Waals surface area contributed by atoms with E-state index in [4.69, 9.17) is 17.2 Å². The van der Waals surface area contributed by atoms with Gasteiger partial charge >= 0.3 is 0 Å². The maximum absolute atomic E-state index is 4.84. The lowest BCUT2D eigenvalue weighted by atomic mass is 10.8. The van der Waals surface area contributed by atoms with Gasteiger partial charge in [-0.3, -0.25) is 0 Å². The van der Waals surface area contributed by atoms with E-state index in [1.165, 1.54) is 0 Å². The molecule has 0 saturated carbocycles. The topological polar surface area (TPSA) is 78.1 Å². The van der Waals surface area contributed by atoms with Gasteiger partial charge in [-0.05, 0) is 20.8 Å². The smallest absolute Gasteiger partial charge is 0.0695 e. The van der Waals surface area contributed by atoms with Crippen LogP contribution in [0.15, 0.2) is 0 Å². The summed E-state index contributed by atoms with van der Waals surface area (Å²) in [5, 5.41) is 0. The van der Waals surface area contributed by atoms with Crippen molar-refractivity contribution in [1.29, 1.82) is 0 Å². The Morgan fingerprint density at radius 1 is 0.667 bits per heavy atom. The molecule has 0 saturated heterocycles. The summed E-state index contributed by atoms with van der Waals surface area (Å²) in [7, 11) is 0. The van der Waals surface area contributed by atoms with Gasteiger partial charge < -0.3 is 17.2 Å². The summed E-state index contributed by atoms with van der Waals surface area (Å²) in [6.45, 7) is 5.03. The first-order valence-electron chi connectivity index (χ1n) is 2.98. The van der Waals surface area contributed by atoms with Gasteiger partial charge in [-0.25, -0.2) is 0 Å². The Bertz CT molecular complexity index is 116. The van der Waals surface area contributed by atoms with E-state index in [1.54, 1.807) is 20.8 Å². The monoisotopic (exact) mass is 225 g/mol.